The fraction of sp³-hybridized carbons (Fsp3) is 0.357. The van der Waals surface area contributed by atoms with Gasteiger partial charge in [-0.25, -0.2) is 0 Å². The van der Waals surface area contributed by atoms with Gasteiger partial charge in [-0.2, -0.15) is 0 Å². The maximum Gasteiger partial charge on any atom is 0.179 e. The first kappa shape index (κ1) is 11.4. The minimum atomic E-state index is -0.609. The van der Waals surface area contributed by atoms with Gasteiger partial charge in [0.25, 0.3) is 0 Å². The van der Waals surface area contributed by atoms with Crippen LogP contribution in [0.1, 0.15) is 24.0 Å². The van der Waals surface area contributed by atoms with E-state index in [-0.39, 0.29) is 5.78 Å². The number of alkyl halides is 1. The van der Waals surface area contributed by atoms with E-state index in [0.29, 0.717) is 12.0 Å². The number of hydrogen-bond donors (Lipinski definition) is 0. The van der Waals surface area contributed by atoms with Crippen LogP contribution >= 0.6 is 11.6 Å². The summed E-state index contributed by atoms with van der Waals surface area (Å²) in [6.07, 6.45) is 2.19. The molecule has 1 aliphatic rings. The van der Waals surface area contributed by atoms with Gasteiger partial charge < -0.3 is 0 Å². The molecule has 0 spiro atoms. The maximum absolute atomic E-state index is 11.9. The van der Waals surface area contributed by atoms with Crippen LogP contribution < -0.4 is 0 Å². The molecule has 16 heavy (non-hydrogen) atoms. The summed E-state index contributed by atoms with van der Waals surface area (Å²) >= 11 is 6.07. The van der Waals surface area contributed by atoms with E-state index < -0.39 is 4.87 Å². The third kappa shape index (κ3) is 2.35. The first-order valence-electron chi connectivity index (χ1n) is 5.48. The molecule has 0 aliphatic heterocycles. The summed E-state index contributed by atoms with van der Waals surface area (Å²) in [4.78, 5) is 11.3. The molecule has 0 atom stereocenters. The number of rotatable bonds is 4. The highest BCUT2D eigenvalue weighted by atomic mass is 35.5. The van der Waals surface area contributed by atoms with Gasteiger partial charge in [-0.1, -0.05) is 36.4 Å². The van der Waals surface area contributed by atoms with Crippen molar-refractivity contribution in [1.82, 2.24) is 0 Å². The zero-order valence-electron chi connectivity index (χ0n) is 9.42. The molecule has 0 amide bonds. The molecule has 0 unspecified atom stereocenters. The van der Waals surface area contributed by atoms with Crippen molar-refractivity contribution in [3.63, 3.8) is 0 Å². The molecule has 0 heterocycles. The Bertz CT molecular complexity index is 427. The average Bonchev–Trinajstić information content (AvgIpc) is 3.00. The van der Waals surface area contributed by atoms with Crippen LogP contribution in [0.4, 0.5) is 0 Å². The Kier molecular flexibility index (Phi) is 2.90. The van der Waals surface area contributed by atoms with Gasteiger partial charge in [0.15, 0.2) is 5.78 Å². The number of carbonyl (C=O) groups is 1. The lowest BCUT2D eigenvalue weighted by atomic mass is 10.00. The zero-order valence-corrected chi connectivity index (χ0v) is 10.2. The van der Waals surface area contributed by atoms with Crippen LogP contribution in [0.3, 0.4) is 0 Å². The van der Waals surface area contributed by atoms with Crippen LogP contribution in [0.2, 0.25) is 0 Å². The van der Waals surface area contributed by atoms with E-state index in [0.717, 1.165) is 18.4 Å². The molecule has 84 valence electrons. The smallest absolute Gasteiger partial charge is 0.179 e. The molecule has 0 aromatic heterocycles. The predicted octanol–water partition coefficient (Wildman–Crippen LogP) is 3.43. The number of carbonyl (C=O) groups excluding carboxylic acids is 1. The van der Waals surface area contributed by atoms with E-state index in [9.17, 15) is 4.79 Å². The summed E-state index contributed by atoms with van der Waals surface area (Å²) in [7, 11) is 0. The molecule has 1 aliphatic carbocycles. The van der Waals surface area contributed by atoms with E-state index in [1.807, 2.05) is 31.2 Å². The molecule has 2 heteroatoms. The van der Waals surface area contributed by atoms with Crippen LogP contribution in [0.15, 0.2) is 36.4 Å². The molecule has 1 aromatic carbocycles. The van der Waals surface area contributed by atoms with E-state index in [2.05, 4.69) is 6.58 Å². The van der Waals surface area contributed by atoms with Gasteiger partial charge in [0.05, 0.1) is 0 Å². The maximum atomic E-state index is 11.9. The van der Waals surface area contributed by atoms with Crippen molar-refractivity contribution < 1.29 is 4.79 Å². The first-order valence-corrected chi connectivity index (χ1v) is 5.86. The van der Waals surface area contributed by atoms with Crippen molar-refractivity contribution in [1.29, 1.82) is 0 Å². The fourth-order valence-electron chi connectivity index (χ4n) is 1.69. The second kappa shape index (κ2) is 4.06. The monoisotopic (exact) mass is 234 g/mol. The van der Waals surface area contributed by atoms with Crippen molar-refractivity contribution in [2.75, 3.05) is 0 Å². The highest BCUT2D eigenvalue weighted by molar-refractivity contribution is 6.40. The van der Waals surface area contributed by atoms with Gasteiger partial charge in [0.2, 0.25) is 0 Å². The molecule has 1 aromatic rings. The van der Waals surface area contributed by atoms with Gasteiger partial charge in [-0.15, -0.1) is 11.6 Å². The van der Waals surface area contributed by atoms with Crippen LogP contribution in [0.5, 0.6) is 0 Å². The van der Waals surface area contributed by atoms with Gasteiger partial charge >= 0.3 is 0 Å². The molecule has 1 fully saturated rings. The number of halogens is 1. The van der Waals surface area contributed by atoms with E-state index >= 15 is 0 Å². The van der Waals surface area contributed by atoms with Crippen molar-refractivity contribution >= 4 is 17.4 Å². The molecule has 0 saturated heterocycles. The molecular formula is C14H15ClO. The predicted molar refractivity (Wildman–Crippen MR) is 66.8 cm³/mol. The third-order valence-corrected chi connectivity index (χ3v) is 3.50. The molecule has 2 rings (SSSR count). The Morgan fingerprint density at radius 3 is 2.44 bits per heavy atom. The van der Waals surface area contributed by atoms with Crippen LogP contribution in [0, 0.1) is 6.92 Å². The minimum Gasteiger partial charge on any atom is -0.293 e. The summed E-state index contributed by atoms with van der Waals surface area (Å²) in [6.45, 7) is 5.89. The lowest BCUT2D eigenvalue weighted by molar-refractivity contribution is -0.115. The highest BCUT2D eigenvalue weighted by Crippen LogP contribution is 2.45. The van der Waals surface area contributed by atoms with E-state index in [1.165, 1.54) is 5.56 Å². The SMILES string of the molecule is C=C(Cc1ccc(C)cc1)C(=O)C1(Cl)CC1. The Morgan fingerprint density at radius 2 is 1.94 bits per heavy atom. The zero-order chi connectivity index (χ0) is 11.8. The van der Waals surface area contributed by atoms with Gasteiger partial charge in [0, 0.05) is 6.42 Å². The molecule has 0 bridgehead atoms. The van der Waals surface area contributed by atoms with Gasteiger partial charge in [0.1, 0.15) is 4.87 Å². The number of aryl methyl sites for hydroxylation is 1. The van der Waals surface area contributed by atoms with Gasteiger partial charge in [-0.3, -0.25) is 4.79 Å². The largest absolute Gasteiger partial charge is 0.293 e. The van der Waals surface area contributed by atoms with Crippen molar-refractivity contribution in [2.24, 2.45) is 0 Å². The quantitative estimate of drug-likeness (QED) is 0.576. The molecular weight excluding hydrogens is 220 g/mol. The number of benzene rings is 1. The second-order valence-electron chi connectivity index (χ2n) is 4.56. The molecule has 1 nitrogen and oxygen atoms in total. The van der Waals surface area contributed by atoms with Crippen molar-refractivity contribution in [3.8, 4) is 0 Å². The van der Waals surface area contributed by atoms with Crippen molar-refractivity contribution in [2.45, 2.75) is 31.1 Å². The summed E-state index contributed by atoms with van der Waals surface area (Å²) in [6, 6.07) is 8.14. The Hall–Kier alpha value is -1.08. The normalized spacial score (nSPS) is 16.9. The van der Waals surface area contributed by atoms with Crippen LogP contribution in [0.25, 0.3) is 0 Å². The standard InChI is InChI=1S/C14H15ClO/c1-10-3-5-12(6-4-10)9-11(2)13(16)14(15)7-8-14/h3-6H,2,7-9H2,1H3. The summed E-state index contributed by atoms with van der Waals surface area (Å²) in [5, 5.41) is 0. The second-order valence-corrected chi connectivity index (χ2v) is 5.28. The Morgan fingerprint density at radius 1 is 1.38 bits per heavy atom. The topological polar surface area (TPSA) is 17.1 Å². The Balaban J connectivity index is 2.02. The van der Waals surface area contributed by atoms with E-state index in [1.54, 1.807) is 0 Å². The molecule has 1 saturated carbocycles. The summed E-state index contributed by atoms with van der Waals surface area (Å²) in [5.74, 6) is 0.0229. The number of allylic oxidation sites excluding steroid dienone is 1. The van der Waals surface area contributed by atoms with Crippen LogP contribution in [-0.4, -0.2) is 10.7 Å². The third-order valence-electron chi connectivity index (χ3n) is 2.96. The molecule has 0 radical (unpaired) electrons. The van der Waals surface area contributed by atoms with Crippen LogP contribution in [-0.2, 0) is 11.2 Å². The lowest BCUT2D eigenvalue weighted by Crippen LogP contribution is -2.18. The fourth-order valence-corrected chi connectivity index (χ4v) is 1.91. The lowest BCUT2D eigenvalue weighted by Gasteiger charge is -2.08. The first-order chi connectivity index (χ1) is 7.51. The number of hydrogen-bond acceptors (Lipinski definition) is 1. The highest BCUT2D eigenvalue weighted by Gasteiger charge is 2.48. The summed E-state index contributed by atoms with van der Waals surface area (Å²) in [5.41, 5.74) is 2.96. The number of ketones is 1. The van der Waals surface area contributed by atoms with E-state index in [4.69, 9.17) is 11.6 Å². The van der Waals surface area contributed by atoms with Gasteiger partial charge in [-0.05, 0) is 30.9 Å². The molecule has 0 N–H and O–H groups in total. The minimum absolute atomic E-state index is 0.0229. The van der Waals surface area contributed by atoms with Crippen molar-refractivity contribution in [3.05, 3.63) is 47.5 Å². The number of Topliss-reactive ketones (excluding diaryl/α,β-unsaturated/α-hetero) is 1. The Labute approximate surface area is 101 Å². The average molecular weight is 235 g/mol. The summed E-state index contributed by atoms with van der Waals surface area (Å²) < 4.78 is 0.